The molecular weight excluding hydrogens is 316 g/mol. The minimum absolute atomic E-state index is 0.134. The van der Waals surface area contributed by atoms with Crippen molar-refractivity contribution in [3.05, 3.63) is 58.0 Å². The Kier molecular flexibility index (Phi) is 4.25. The third-order valence-corrected chi connectivity index (χ3v) is 5.43. The van der Waals surface area contributed by atoms with E-state index in [2.05, 4.69) is 17.0 Å². The van der Waals surface area contributed by atoms with E-state index in [0.29, 0.717) is 11.8 Å². The summed E-state index contributed by atoms with van der Waals surface area (Å²) in [5.41, 5.74) is 2.47. The van der Waals surface area contributed by atoms with Crippen LogP contribution in [0, 0.1) is 5.92 Å². The third-order valence-electron chi connectivity index (χ3n) is 5.43. The van der Waals surface area contributed by atoms with Crippen LogP contribution >= 0.6 is 0 Å². The maximum Gasteiger partial charge on any atom is 0.250 e. The summed E-state index contributed by atoms with van der Waals surface area (Å²) < 4.78 is 13.0. The monoisotopic (exact) mass is 340 g/mol. The van der Waals surface area contributed by atoms with Crippen molar-refractivity contribution >= 4 is 0 Å². The third kappa shape index (κ3) is 2.93. The molecule has 2 aliphatic rings. The number of rotatable bonds is 4. The number of methoxy groups -OCH3 is 2. The van der Waals surface area contributed by atoms with E-state index in [1.54, 1.807) is 20.3 Å². The number of nitrogens with zero attached hydrogens (tertiary/aromatic N) is 2. The van der Waals surface area contributed by atoms with Crippen LogP contribution in [0.2, 0.25) is 0 Å². The van der Waals surface area contributed by atoms with Crippen molar-refractivity contribution < 1.29 is 9.47 Å². The number of hydrogen-bond donors (Lipinski definition) is 0. The van der Waals surface area contributed by atoms with Crippen molar-refractivity contribution in [2.24, 2.45) is 5.92 Å². The van der Waals surface area contributed by atoms with Gasteiger partial charge in [-0.3, -0.25) is 9.69 Å². The van der Waals surface area contributed by atoms with Gasteiger partial charge in [0.2, 0.25) is 0 Å². The van der Waals surface area contributed by atoms with Crippen molar-refractivity contribution in [1.82, 2.24) is 9.47 Å². The fourth-order valence-electron chi connectivity index (χ4n) is 4.44. The summed E-state index contributed by atoms with van der Waals surface area (Å²) in [6, 6.07) is 11.7. The number of benzene rings is 1. The molecule has 132 valence electrons. The van der Waals surface area contributed by atoms with Crippen LogP contribution in [0.15, 0.2) is 41.2 Å². The highest BCUT2D eigenvalue weighted by Gasteiger charge is 2.34. The molecule has 0 spiro atoms. The van der Waals surface area contributed by atoms with Gasteiger partial charge in [-0.05, 0) is 24.5 Å². The van der Waals surface area contributed by atoms with Crippen molar-refractivity contribution in [2.75, 3.05) is 27.3 Å². The van der Waals surface area contributed by atoms with Gasteiger partial charge < -0.3 is 14.0 Å². The predicted molar refractivity (Wildman–Crippen MR) is 96.4 cm³/mol. The van der Waals surface area contributed by atoms with Crippen LogP contribution in [0.3, 0.4) is 0 Å². The minimum atomic E-state index is 0.134. The summed E-state index contributed by atoms with van der Waals surface area (Å²) in [5, 5.41) is 0. The normalized spacial score (nSPS) is 22.3. The zero-order valence-electron chi connectivity index (χ0n) is 14.8. The number of fused-ring (bicyclic) bond motifs is 4. The van der Waals surface area contributed by atoms with Crippen LogP contribution in [0.1, 0.15) is 23.6 Å². The standard InChI is InChI=1S/C20H24N2O3/c1-24-18-7-3-5-15(20(18)25-2)12-21-10-14-9-16(13-21)17-6-4-8-19(23)22(17)11-14/h3-8,14,16H,9-13H2,1-2H3/t14-,16+/m1/s1. The average Bonchev–Trinajstić information content (AvgIpc) is 2.62. The number of likely N-dealkylation sites (tertiary alicyclic amines) is 1. The number of para-hydroxylation sites is 1. The van der Waals surface area contributed by atoms with Crippen LogP contribution < -0.4 is 15.0 Å². The maximum atomic E-state index is 12.1. The quantitative estimate of drug-likeness (QED) is 0.858. The zero-order chi connectivity index (χ0) is 17.4. The summed E-state index contributed by atoms with van der Waals surface area (Å²) in [6.45, 7) is 3.65. The van der Waals surface area contributed by atoms with Gasteiger partial charge in [0, 0.05) is 49.4 Å². The molecule has 1 saturated heterocycles. The molecule has 4 rings (SSSR count). The molecule has 2 atom stereocenters. The largest absolute Gasteiger partial charge is 0.493 e. The molecule has 0 N–H and O–H groups in total. The first-order chi connectivity index (χ1) is 12.2. The molecule has 0 amide bonds. The molecule has 3 heterocycles. The molecule has 1 aromatic heterocycles. The van der Waals surface area contributed by atoms with E-state index in [9.17, 15) is 4.79 Å². The van der Waals surface area contributed by atoms with E-state index in [1.807, 2.05) is 22.8 Å². The molecular formula is C20H24N2O3. The van der Waals surface area contributed by atoms with Gasteiger partial charge in [0.25, 0.3) is 5.56 Å². The number of piperidine rings is 1. The highest BCUT2D eigenvalue weighted by atomic mass is 16.5. The second-order valence-electron chi connectivity index (χ2n) is 7.04. The van der Waals surface area contributed by atoms with E-state index in [-0.39, 0.29) is 5.56 Å². The number of aromatic nitrogens is 1. The van der Waals surface area contributed by atoms with Gasteiger partial charge in [0.15, 0.2) is 11.5 Å². The first-order valence-electron chi connectivity index (χ1n) is 8.81. The highest BCUT2D eigenvalue weighted by Crippen LogP contribution is 2.37. The van der Waals surface area contributed by atoms with Gasteiger partial charge in [0.1, 0.15) is 0 Å². The summed E-state index contributed by atoms with van der Waals surface area (Å²) in [5.74, 6) is 2.55. The summed E-state index contributed by atoms with van der Waals surface area (Å²) >= 11 is 0. The predicted octanol–water partition coefficient (Wildman–Crippen LogP) is 2.48. The van der Waals surface area contributed by atoms with E-state index in [0.717, 1.165) is 43.2 Å². The van der Waals surface area contributed by atoms with E-state index >= 15 is 0 Å². The fraction of sp³-hybridized carbons (Fsp3) is 0.450. The van der Waals surface area contributed by atoms with Gasteiger partial charge in [-0.1, -0.05) is 18.2 Å². The van der Waals surface area contributed by atoms with Gasteiger partial charge in [-0.25, -0.2) is 0 Å². The molecule has 0 unspecified atom stereocenters. The molecule has 2 aromatic rings. The van der Waals surface area contributed by atoms with Crippen LogP contribution in [0.4, 0.5) is 0 Å². The van der Waals surface area contributed by atoms with E-state index < -0.39 is 0 Å². The lowest BCUT2D eigenvalue weighted by atomic mass is 9.83. The summed E-state index contributed by atoms with van der Waals surface area (Å²) in [7, 11) is 3.36. The highest BCUT2D eigenvalue weighted by molar-refractivity contribution is 5.46. The molecule has 2 bridgehead atoms. The van der Waals surface area contributed by atoms with Gasteiger partial charge >= 0.3 is 0 Å². The Balaban J connectivity index is 1.58. The van der Waals surface area contributed by atoms with Gasteiger partial charge in [-0.15, -0.1) is 0 Å². The number of ether oxygens (including phenoxy) is 2. The summed E-state index contributed by atoms with van der Waals surface area (Å²) in [4.78, 5) is 14.6. The second-order valence-corrected chi connectivity index (χ2v) is 7.04. The second kappa shape index (κ2) is 6.56. The van der Waals surface area contributed by atoms with Crippen molar-refractivity contribution in [1.29, 1.82) is 0 Å². The Hall–Kier alpha value is -2.27. The lowest BCUT2D eigenvalue weighted by molar-refractivity contribution is 0.113. The first-order valence-corrected chi connectivity index (χ1v) is 8.81. The lowest BCUT2D eigenvalue weighted by Crippen LogP contribution is -2.46. The molecule has 0 aliphatic carbocycles. The molecule has 5 nitrogen and oxygen atoms in total. The molecule has 1 aromatic carbocycles. The summed E-state index contributed by atoms with van der Waals surface area (Å²) in [6.07, 6.45) is 1.18. The molecule has 1 fully saturated rings. The SMILES string of the molecule is COc1cccc(CN2C[C@H]3C[C@@H](C2)c2cccc(=O)n2C3)c1OC. The van der Waals surface area contributed by atoms with Gasteiger partial charge in [0.05, 0.1) is 14.2 Å². The molecule has 0 radical (unpaired) electrons. The molecule has 2 aliphatic heterocycles. The Morgan fingerprint density at radius 2 is 1.88 bits per heavy atom. The first kappa shape index (κ1) is 16.2. The Labute approximate surface area is 147 Å². The lowest BCUT2D eigenvalue weighted by Gasteiger charge is -2.42. The Morgan fingerprint density at radius 1 is 1.04 bits per heavy atom. The van der Waals surface area contributed by atoms with Crippen molar-refractivity contribution in [2.45, 2.75) is 25.4 Å². The van der Waals surface area contributed by atoms with E-state index in [1.165, 1.54) is 12.1 Å². The Morgan fingerprint density at radius 3 is 2.68 bits per heavy atom. The topological polar surface area (TPSA) is 43.7 Å². The number of pyridine rings is 1. The van der Waals surface area contributed by atoms with Crippen LogP contribution in [-0.4, -0.2) is 36.8 Å². The van der Waals surface area contributed by atoms with Crippen LogP contribution in [0.5, 0.6) is 11.5 Å². The maximum absolute atomic E-state index is 12.1. The number of hydrogen-bond acceptors (Lipinski definition) is 4. The van der Waals surface area contributed by atoms with E-state index in [4.69, 9.17) is 9.47 Å². The van der Waals surface area contributed by atoms with Crippen LogP contribution in [-0.2, 0) is 13.1 Å². The smallest absolute Gasteiger partial charge is 0.250 e. The molecule has 5 heteroatoms. The molecule has 25 heavy (non-hydrogen) atoms. The Bertz CT molecular complexity index is 830. The minimum Gasteiger partial charge on any atom is -0.493 e. The average molecular weight is 340 g/mol. The van der Waals surface area contributed by atoms with Crippen LogP contribution in [0.25, 0.3) is 0 Å². The van der Waals surface area contributed by atoms with Gasteiger partial charge in [-0.2, -0.15) is 0 Å². The molecule has 0 saturated carbocycles. The van der Waals surface area contributed by atoms with Crippen molar-refractivity contribution in [3.63, 3.8) is 0 Å². The fourth-order valence-corrected chi connectivity index (χ4v) is 4.44. The van der Waals surface area contributed by atoms with Crippen molar-refractivity contribution in [3.8, 4) is 11.5 Å². The zero-order valence-corrected chi connectivity index (χ0v) is 14.8.